The second-order valence-electron chi connectivity index (χ2n) is 31.9. The van der Waals surface area contributed by atoms with E-state index in [2.05, 4.69) is 29.8 Å². The number of carbonyl (C=O) groups is 14. The second-order valence-corrected chi connectivity index (χ2v) is 31.9. The highest BCUT2D eigenvalue weighted by atomic mass is 16.5. The molecule has 0 saturated carbocycles. The normalized spacial score (nSPS) is 19.4. The Morgan fingerprint density at radius 1 is 0.486 bits per heavy atom. The van der Waals surface area contributed by atoms with Crippen LogP contribution in [0.5, 0.6) is 0 Å². The molecular weight excluding hydrogens is 1430 g/mol. The Morgan fingerprint density at radius 2 is 0.838 bits per heavy atom. The lowest BCUT2D eigenvalue weighted by atomic mass is 9.89. The third kappa shape index (κ3) is 29.2. The highest BCUT2D eigenvalue weighted by Gasteiger charge is 2.46. The third-order valence-corrected chi connectivity index (χ3v) is 22.8. The lowest BCUT2D eigenvalue weighted by molar-refractivity contribution is -0.148. The number of likely N-dealkylation sites (tertiary alicyclic amines) is 2. The van der Waals surface area contributed by atoms with Gasteiger partial charge in [0.05, 0.1) is 67.5 Å². The summed E-state index contributed by atoms with van der Waals surface area (Å²) in [6, 6.07) is -4.20. The van der Waals surface area contributed by atoms with Crippen LogP contribution in [0.1, 0.15) is 214 Å². The zero-order valence-electron chi connectivity index (χ0n) is 71.4. The number of methoxy groups -OCH3 is 4. The zero-order valence-corrected chi connectivity index (χ0v) is 71.4. The monoisotopic (exact) mass is 1570 g/mol. The van der Waals surface area contributed by atoms with Crippen molar-refractivity contribution in [1.29, 1.82) is 0 Å². The van der Waals surface area contributed by atoms with Crippen LogP contribution in [0.2, 0.25) is 0 Å². The number of carbonyl (C=O) groups excluding carboxylic acids is 13. The number of ketones is 2. The Hall–Kier alpha value is -7.34. The Labute approximate surface area is 661 Å². The summed E-state index contributed by atoms with van der Waals surface area (Å²) in [6.45, 7) is 31.9. The summed E-state index contributed by atoms with van der Waals surface area (Å²) < 4.78 is 23.4. The number of ether oxygens (including phenoxy) is 4. The molecule has 632 valence electrons. The largest absolute Gasteiger partial charge is 0.481 e. The third-order valence-electron chi connectivity index (χ3n) is 22.8. The van der Waals surface area contributed by atoms with Crippen molar-refractivity contribution < 1.29 is 91.2 Å². The minimum absolute atomic E-state index is 0.000436. The van der Waals surface area contributed by atoms with Gasteiger partial charge in [0.25, 0.3) is 23.6 Å². The molecule has 0 radical (unpaired) electrons. The van der Waals surface area contributed by atoms with Crippen LogP contribution in [0.15, 0.2) is 24.3 Å². The first-order valence-corrected chi connectivity index (χ1v) is 40.2. The quantitative estimate of drug-likeness (QED) is 0.0350. The van der Waals surface area contributed by atoms with Crippen LogP contribution in [0.4, 0.5) is 0 Å². The van der Waals surface area contributed by atoms with Crippen LogP contribution < -0.4 is 16.0 Å². The number of imide groups is 2. The molecule has 4 N–H and O–H groups in total. The average Bonchev–Trinajstić information content (AvgIpc) is 1.73. The molecule has 0 spiro atoms. The summed E-state index contributed by atoms with van der Waals surface area (Å²) in [5, 5.41) is 17.4. The molecule has 2 unspecified atom stereocenters. The maximum atomic E-state index is 14.4. The number of aliphatic carboxylic acids is 1. The Balaban J connectivity index is 0.000000650. The first kappa shape index (κ1) is 99.7. The van der Waals surface area contributed by atoms with E-state index in [0.717, 1.165) is 32.1 Å². The standard InChI is InChI=1S/C41H69N5O9.C31H58N4O6.C10H13NO4/c1-13-27(6)38(31(54-11)24-35(51)45-23-17-18-30(45)39(55-12)28(7)29(8)47)44(10)41(53)36(25(2)3)42-40(52)37(26(4)5)43(9)32(48)19-15-14-16-22-46-33(49)20-21-34(46)50;1-13-20(6)28(34(10)31(39)27(19(4)5)33-30(38)26(32-9)18(2)3)24(40-11)17-25(37)35-16-14-15-23(35)29(41-12)21(7)22(8)36;12-8-5-6-9(13)11(8)7-3-1-2-4-10(14)15/h20-21,25-28,30-31,36-39H,13-19,22-24H2,1-12H3,(H,42,52);18-21,23-24,26-29,32H,13-17H2,1-12H3,(H,33,38);5-6H,1-4,7H2,(H,14,15)/t27-,28-,30-,31+,36-,37-,38?,39+;20-,21-,23-,24+,26-,27-,28?,29+;/m00./s1. The fourth-order valence-corrected chi connectivity index (χ4v) is 15.5. The minimum atomic E-state index is -0.911. The molecule has 29 nitrogen and oxygen atoms in total. The van der Waals surface area contributed by atoms with Crippen LogP contribution in [0.25, 0.3) is 0 Å². The maximum absolute atomic E-state index is 14.4. The van der Waals surface area contributed by atoms with Crippen molar-refractivity contribution in [1.82, 2.24) is 50.2 Å². The zero-order chi connectivity index (χ0) is 84.6. The molecule has 4 aliphatic rings. The number of hydrogen-bond donors (Lipinski definition) is 4. The van der Waals surface area contributed by atoms with Crippen molar-refractivity contribution in [2.75, 3.05) is 82.8 Å². The van der Waals surface area contributed by atoms with E-state index in [1.165, 1.54) is 53.0 Å². The lowest BCUT2D eigenvalue weighted by Gasteiger charge is -2.41. The van der Waals surface area contributed by atoms with Gasteiger partial charge in [-0.2, -0.15) is 0 Å². The van der Waals surface area contributed by atoms with E-state index < -0.39 is 60.4 Å². The molecule has 16 atom stereocenters. The molecule has 4 aliphatic heterocycles. The van der Waals surface area contributed by atoms with Crippen molar-refractivity contribution in [3.63, 3.8) is 0 Å². The van der Waals surface area contributed by atoms with Gasteiger partial charge in [-0.25, -0.2) is 0 Å². The molecule has 0 aromatic carbocycles. The van der Waals surface area contributed by atoms with Crippen LogP contribution in [-0.2, 0) is 86.1 Å². The summed E-state index contributed by atoms with van der Waals surface area (Å²) in [5.74, 6) is -4.95. The van der Waals surface area contributed by atoms with E-state index in [0.29, 0.717) is 71.1 Å². The number of unbranched alkanes of at least 4 members (excludes halogenated alkanes) is 4. The number of hydrogen-bond acceptors (Lipinski definition) is 19. The number of amides is 11. The van der Waals surface area contributed by atoms with Crippen LogP contribution in [0, 0.1) is 47.3 Å². The number of Topliss-reactive ketones (excluding diaryl/α,β-unsaturated/α-hetero) is 2. The number of carboxylic acid groups (broad SMARTS) is 1. The second kappa shape index (κ2) is 49.3. The van der Waals surface area contributed by atoms with E-state index in [4.69, 9.17) is 24.1 Å². The van der Waals surface area contributed by atoms with E-state index in [1.54, 1.807) is 71.1 Å². The maximum Gasteiger partial charge on any atom is 0.303 e. The average molecular weight is 1570 g/mol. The van der Waals surface area contributed by atoms with E-state index in [1.807, 2.05) is 88.0 Å². The molecule has 2 saturated heterocycles. The lowest BCUT2D eigenvalue weighted by Crippen LogP contribution is -2.60. The molecule has 0 aliphatic carbocycles. The molecule has 4 heterocycles. The number of nitrogens with zero attached hydrogens (tertiary/aromatic N) is 7. The highest BCUT2D eigenvalue weighted by molar-refractivity contribution is 6.13. The predicted octanol–water partition coefficient (Wildman–Crippen LogP) is 7.04. The van der Waals surface area contributed by atoms with Crippen molar-refractivity contribution in [3.8, 4) is 0 Å². The summed E-state index contributed by atoms with van der Waals surface area (Å²) in [6.07, 6.45) is 11.7. The van der Waals surface area contributed by atoms with E-state index in [-0.39, 0.29) is 168 Å². The first-order valence-electron chi connectivity index (χ1n) is 40.2. The van der Waals surface area contributed by atoms with Gasteiger partial charge in [0.2, 0.25) is 41.4 Å². The molecule has 0 bridgehead atoms. The number of likely N-dealkylation sites (N-methyl/N-ethyl adjacent to an activating group) is 4. The highest BCUT2D eigenvalue weighted by Crippen LogP contribution is 2.33. The molecular formula is C82H140N10O19. The number of carboxylic acids is 1. The van der Waals surface area contributed by atoms with Gasteiger partial charge in [-0.05, 0) is 108 Å². The summed E-state index contributed by atoms with van der Waals surface area (Å²) >= 11 is 0. The van der Waals surface area contributed by atoms with Gasteiger partial charge in [0.15, 0.2) is 0 Å². The molecule has 111 heavy (non-hydrogen) atoms. The number of rotatable bonds is 46. The van der Waals surface area contributed by atoms with Crippen LogP contribution in [0.3, 0.4) is 0 Å². The Bertz CT molecular complexity index is 3100. The molecule has 4 rings (SSSR count). The topological polar surface area (TPSA) is 355 Å². The fourth-order valence-electron chi connectivity index (χ4n) is 15.5. The molecule has 29 heteroatoms. The Morgan fingerprint density at radius 3 is 1.14 bits per heavy atom. The van der Waals surface area contributed by atoms with Crippen molar-refractivity contribution in [3.05, 3.63) is 24.3 Å². The van der Waals surface area contributed by atoms with Gasteiger partial charge >= 0.3 is 5.97 Å². The van der Waals surface area contributed by atoms with Crippen molar-refractivity contribution in [2.45, 2.75) is 286 Å². The summed E-state index contributed by atoms with van der Waals surface area (Å²) in [7, 11) is 13.0. The van der Waals surface area contributed by atoms with Gasteiger partial charge in [0.1, 0.15) is 29.7 Å². The summed E-state index contributed by atoms with van der Waals surface area (Å²) in [5.41, 5.74) is 0. The van der Waals surface area contributed by atoms with Gasteiger partial charge in [-0.1, -0.05) is 123 Å². The SMILES string of the molecule is CC[C@H](C)C([C@@H](CC(=O)N1CCC[C@H]1[C@H](OC)[C@@H](C)C(C)=O)OC)N(C)C(=O)[C@@H](NC(=O)[C@@H](NC)C(C)C)C(C)C.CC[C@H](C)C([C@@H](CC(=O)N1CCC[C@H]1[C@H](OC)[C@@H](C)C(C)=O)OC)N(C)C(=O)[C@@H](NC(=O)[C@H](C(C)C)N(C)C(=O)CCCCCN1C(=O)C=CC1=O)C(C)C.O=C(O)CCCCCN1C(=O)C=CC1=O. The van der Waals surface area contributed by atoms with Crippen LogP contribution in [-0.4, -0.2) is 277 Å². The Kier molecular flexibility index (Phi) is 44.3. The van der Waals surface area contributed by atoms with E-state index in [9.17, 15) is 67.1 Å². The number of nitrogens with one attached hydrogen (secondary N) is 3. The molecule has 11 amide bonds. The summed E-state index contributed by atoms with van der Waals surface area (Å²) in [4.78, 5) is 187. The molecule has 0 aromatic rings. The fraction of sp³-hybridized carbons (Fsp3) is 0.780. The van der Waals surface area contributed by atoms with Gasteiger partial charge in [-0.15, -0.1) is 0 Å². The smallest absolute Gasteiger partial charge is 0.303 e. The molecule has 0 aromatic heterocycles. The van der Waals surface area contributed by atoms with Crippen molar-refractivity contribution >= 4 is 82.5 Å². The van der Waals surface area contributed by atoms with Gasteiger partial charge in [-0.3, -0.25) is 76.9 Å². The van der Waals surface area contributed by atoms with E-state index >= 15 is 0 Å². The van der Waals surface area contributed by atoms with Crippen molar-refractivity contribution in [2.24, 2.45) is 47.3 Å². The predicted molar refractivity (Wildman–Crippen MR) is 423 cm³/mol. The minimum Gasteiger partial charge on any atom is -0.481 e. The first-order chi connectivity index (χ1) is 52.1. The van der Waals surface area contributed by atoms with Gasteiger partial charge < -0.3 is 64.5 Å². The van der Waals surface area contributed by atoms with Crippen LogP contribution >= 0.6 is 0 Å². The van der Waals surface area contributed by atoms with Gasteiger partial charge in [0, 0.05) is 125 Å². The molecule has 2 fully saturated rings.